The fourth-order valence-electron chi connectivity index (χ4n) is 3.75. The zero-order valence-electron chi connectivity index (χ0n) is 13.5. The summed E-state index contributed by atoms with van der Waals surface area (Å²) in [5.74, 6) is 1.43. The molecule has 0 spiro atoms. The molecule has 0 saturated carbocycles. The molecule has 25 heavy (non-hydrogen) atoms. The molecule has 3 aliphatic heterocycles. The quantitative estimate of drug-likeness (QED) is 0.928. The minimum atomic E-state index is -0.130. The summed E-state index contributed by atoms with van der Waals surface area (Å²) in [6, 6.07) is 9.39. The van der Waals surface area contributed by atoms with Gasteiger partial charge in [0.25, 0.3) is 5.91 Å². The van der Waals surface area contributed by atoms with Gasteiger partial charge in [0.1, 0.15) is 0 Å². The number of nitrogens with one attached hydrogen (secondary N) is 1. The summed E-state index contributed by atoms with van der Waals surface area (Å²) in [5, 5.41) is 2.94. The van der Waals surface area contributed by atoms with E-state index in [4.69, 9.17) is 9.47 Å². The number of fused-ring (bicyclic) bond motifs is 1. The first-order valence-corrected chi connectivity index (χ1v) is 8.32. The number of nitrogens with zero attached hydrogens (tertiary/aromatic N) is 1. The Balaban J connectivity index is 1.34. The molecule has 0 unspecified atom stereocenters. The molecule has 2 amide bonds. The fourth-order valence-corrected chi connectivity index (χ4v) is 3.75. The number of rotatable bonds is 3. The molecule has 126 valence electrons. The molecule has 2 aromatic carbocycles. The van der Waals surface area contributed by atoms with E-state index in [-0.39, 0.29) is 18.6 Å². The molecule has 3 aliphatic rings. The van der Waals surface area contributed by atoms with Crippen molar-refractivity contribution in [2.75, 3.05) is 18.2 Å². The smallest absolute Gasteiger partial charge is 0.251 e. The monoisotopic (exact) mass is 336 g/mol. The third-order valence-electron chi connectivity index (χ3n) is 4.94. The summed E-state index contributed by atoms with van der Waals surface area (Å²) < 4.78 is 10.6. The Kier molecular flexibility index (Phi) is 3.00. The number of hydrogen-bond donors (Lipinski definition) is 1. The molecule has 3 heterocycles. The van der Waals surface area contributed by atoms with Crippen LogP contribution in [0.3, 0.4) is 0 Å². The molecule has 5 rings (SSSR count). The average Bonchev–Trinajstić information content (AvgIpc) is 3.32. The Morgan fingerprint density at radius 2 is 1.96 bits per heavy atom. The third kappa shape index (κ3) is 2.25. The van der Waals surface area contributed by atoms with Crippen LogP contribution in [0.4, 0.5) is 5.69 Å². The second-order valence-corrected chi connectivity index (χ2v) is 6.49. The van der Waals surface area contributed by atoms with Gasteiger partial charge in [-0.1, -0.05) is 6.07 Å². The van der Waals surface area contributed by atoms with Crippen LogP contribution < -0.4 is 19.7 Å². The Bertz CT molecular complexity index is 922. The van der Waals surface area contributed by atoms with Crippen molar-refractivity contribution in [1.29, 1.82) is 0 Å². The molecule has 0 fully saturated rings. The van der Waals surface area contributed by atoms with Gasteiger partial charge < -0.3 is 19.7 Å². The van der Waals surface area contributed by atoms with Gasteiger partial charge in [0.2, 0.25) is 12.7 Å². The van der Waals surface area contributed by atoms with Crippen molar-refractivity contribution in [1.82, 2.24) is 5.32 Å². The summed E-state index contributed by atoms with van der Waals surface area (Å²) in [6.45, 7) is 1.37. The highest BCUT2D eigenvalue weighted by Gasteiger charge is 2.34. The third-order valence-corrected chi connectivity index (χ3v) is 4.94. The van der Waals surface area contributed by atoms with Crippen molar-refractivity contribution in [2.45, 2.75) is 19.4 Å². The van der Waals surface area contributed by atoms with Crippen LogP contribution in [0.15, 0.2) is 30.3 Å². The zero-order valence-corrected chi connectivity index (χ0v) is 13.5. The highest BCUT2D eigenvalue weighted by atomic mass is 16.7. The largest absolute Gasteiger partial charge is 0.454 e. The molecule has 2 aromatic rings. The van der Waals surface area contributed by atoms with E-state index in [2.05, 4.69) is 5.32 Å². The molecule has 0 radical (unpaired) electrons. The average molecular weight is 336 g/mol. The van der Waals surface area contributed by atoms with Crippen LogP contribution >= 0.6 is 0 Å². The summed E-state index contributed by atoms with van der Waals surface area (Å²) in [6.07, 6.45) is 1.21. The Hall–Kier alpha value is -3.02. The van der Waals surface area contributed by atoms with Gasteiger partial charge in [0, 0.05) is 18.7 Å². The predicted octanol–water partition coefficient (Wildman–Crippen LogP) is 1.79. The van der Waals surface area contributed by atoms with Crippen LogP contribution in [-0.2, 0) is 24.2 Å². The minimum absolute atomic E-state index is 0.130. The lowest BCUT2D eigenvalue weighted by Gasteiger charge is -2.10. The molecule has 1 N–H and O–H groups in total. The predicted molar refractivity (Wildman–Crippen MR) is 89.9 cm³/mol. The zero-order chi connectivity index (χ0) is 17.0. The van der Waals surface area contributed by atoms with E-state index >= 15 is 0 Å². The van der Waals surface area contributed by atoms with Crippen molar-refractivity contribution in [2.24, 2.45) is 0 Å². The second-order valence-electron chi connectivity index (χ2n) is 6.49. The highest BCUT2D eigenvalue weighted by molar-refractivity contribution is 6.05. The van der Waals surface area contributed by atoms with Crippen molar-refractivity contribution in [3.8, 4) is 11.5 Å². The first-order valence-electron chi connectivity index (χ1n) is 8.32. The summed E-state index contributed by atoms with van der Waals surface area (Å²) in [7, 11) is 0. The maximum atomic E-state index is 12.5. The van der Waals surface area contributed by atoms with E-state index < -0.39 is 0 Å². The van der Waals surface area contributed by atoms with Gasteiger partial charge in [0.15, 0.2) is 11.5 Å². The lowest BCUT2D eigenvalue weighted by molar-refractivity contribution is -0.117. The first kappa shape index (κ1) is 14.3. The molecule has 6 heteroatoms. The number of carbonyl (C=O) groups excluding carboxylic acids is 2. The van der Waals surface area contributed by atoms with Crippen LogP contribution in [0.1, 0.15) is 27.0 Å². The Labute approximate surface area is 144 Å². The topological polar surface area (TPSA) is 67.9 Å². The molecule has 0 aromatic heterocycles. The van der Waals surface area contributed by atoms with Gasteiger partial charge in [0.05, 0.1) is 12.1 Å². The number of anilines is 1. The minimum Gasteiger partial charge on any atom is -0.454 e. The number of amides is 2. The van der Waals surface area contributed by atoms with Gasteiger partial charge in [-0.3, -0.25) is 9.59 Å². The van der Waals surface area contributed by atoms with Crippen LogP contribution in [0.2, 0.25) is 0 Å². The van der Waals surface area contributed by atoms with E-state index in [0.717, 1.165) is 41.1 Å². The van der Waals surface area contributed by atoms with Crippen molar-refractivity contribution in [3.05, 3.63) is 52.6 Å². The van der Waals surface area contributed by atoms with E-state index in [1.807, 2.05) is 35.2 Å². The second kappa shape index (κ2) is 5.24. The fraction of sp³-hybridized carbons (Fsp3) is 0.263. The Morgan fingerprint density at radius 3 is 2.88 bits per heavy atom. The van der Waals surface area contributed by atoms with Gasteiger partial charge in [-0.15, -0.1) is 0 Å². The summed E-state index contributed by atoms with van der Waals surface area (Å²) in [4.78, 5) is 26.4. The van der Waals surface area contributed by atoms with E-state index in [1.165, 1.54) is 0 Å². The van der Waals surface area contributed by atoms with Crippen LogP contribution in [0.25, 0.3) is 0 Å². The van der Waals surface area contributed by atoms with Gasteiger partial charge in [-0.05, 0) is 47.4 Å². The highest BCUT2D eigenvalue weighted by Crippen LogP contribution is 2.38. The molecule has 0 atom stereocenters. The van der Waals surface area contributed by atoms with Crippen molar-refractivity contribution in [3.63, 3.8) is 0 Å². The van der Waals surface area contributed by atoms with Crippen LogP contribution in [0, 0.1) is 0 Å². The first-order chi connectivity index (χ1) is 12.2. The molecule has 0 saturated heterocycles. The lowest BCUT2D eigenvalue weighted by Crippen LogP contribution is -2.24. The van der Waals surface area contributed by atoms with E-state index in [9.17, 15) is 9.59 Å². The summed E-state index contributed by atoms with van der Waals surface area (Å²) in [5.41, 5.74) is 4.65. The lowest BCUT2D eigenvalue weighted by atomic mass is 10.0. The van der Waals surface area contributed by atoms with Gasteiger partial charge >= 0.3 is 0 Å². The van der Waals surface area contributed by atoms with Crippen molar-refractivity contribution < 1.29 is 19.1 Å². The number of hydrogen-bond acceptors (Lipinski definition) is 4. The number of carbonyl (C=O) groups is 2. The maximum absolute atomic E-state index is 12.5. The van der Waals surface area contributed by atoms with Gasteiger partial charge in [-0.2, -0.15) is 0 Å². The normalized spacial score (nSPS) is 16.3. The number of benzene rings is 2. The SMILES string of the molecule is O=C(NCc1ccc2c(c1)OCO2)c1cc2c3c(c1)CC(=O)N3CC2. The molecular weight excluding hydrogens is 320 g/mol. The van der Waals surface area contributed by atoms with E-state index in [0.29, 0.717) is 24.3 Å². The maximum Gasteiger partial charge on any atom is 0.251 e. The molecular formula is C19H16N2O4. The Morgan fingerprint density at radius 1 is 1.12 bits per heavy atom. The van der Waals surface area contributed by atoms with Crippen molar-refractivity contribution >= 4 is 17.5 Å². The number of ether oxygens (including phenoxy) is 2. The van der Waals surface area contributed by atoms with Crippen LogP contribution in [0.5, 0.6) is 11.5 Å². The molecule has 0 aliphatic carbocycles. The van der Waals surface area contributed by atoms with Crippen LogP contribution in [-0.4, -0.2) is 25.2 Å². The summed E-state index contributed by atoms with van der Waals surface area (Å²) >= 11 is 0. The van der Waals surface area contributed by atoms with E-state index in [1.54, 1.807) is 0 Å². The molecule has 0 bridgehead atoms. The molecule has 6 nitrogen and oxygen atoms in total. The van der Waals surface area contributed by atoms with Gasteiger partial charge in [-0.25, -0.2) is 0 Å². The standard InChI is InChI=1S/C19H16N2O4/c22-17-8-13-7-14(6-12-3-4-21(17)18(12)13)19(23)20-9-11-1-2-15-16(5-11)25-10-24-15/h1-2,5-7H,3-4,8-10H2,(H,20,23).